The maximum atomic E-state index is 12.4. The molecule has 0 aliphatic carbocycles. The number of carboxylic acids is 1. The van der Waals surface area contributed by atoms with Crippen molar-refractivity contribution < 1.29 is 19.4 Å². The number of aromatic carboxylic acids is 1. The Hall–Kier alpha value is -2.93. The molecule has 0 fully saturated rings. The Labute approximate surface area is 163 Å². The van der Waals surface area contributed by atoms with Crippen LogP contribution in [0.3, 0.4) is 0 Å². The Morgan fingerprint density at radius 2 is 1.93 bits per heavy atom. The number of hydrogen-bond donors (Lipinski definition) is 2. The first-order valence-electron chi connectivity index (χ1n) is 8.51. The number of carboxylic acid groups (broad SMARTS) is 1. The van der Waals surface area contributed by atoms with Crippen molar-refractivity contribution >= 4 is 34.9 Å². The van der Waals surface area contributed by atoms with E-state index in [2.05, 4.69) is 10.6 Å². The first-order valence-corrected chi connectivity index (χ1v) is 8.92. The van der Waals surface area contributed by atoms with Crippen molar-refractivity contribution in [1.82, 2.24) is 5.32 Å². The average molecular weight is 385 g/mol. The van der Waals surface area contributed by atoms with Crippen LogP contribution in [0.25, 0.3) is 0 Å². The third-order valence-electron chi connectivity index (χ3n) is 3.96. The van der Waals surface area contributed by atoms with Crippen molar-refractivity contribution in [2.24, 2.45) is 0 Å². The van der Waals surface area contributed by atoms with Crippen LogP contribution >= 0.6 is 12.2 Å². The molecule has 0 unspecified atom stereocenters. The minimum atomic E-state index is -1.29. The number of amides is 1. The SMILES string of the molecule is CC[C@H](C)Oc1cccc(C(=O)NC(=S)Nc2cc(C(=O)[O-])ccc2C)c1. The Kier molecular flexibility index (Phi) is 6.90. The van der Waals surface area contributed by atoms with Crippen LogP contribution in [0.4, 0.5) is 5.69 Å². The van der Waals surface area contributed by atoms with Crippen molar-refractivity contribution in [3.8, 4) is 5.75 Å². The van der Waals surface area contributed by atoms with E-state index in [9.17, 15) is 14.7 Å². The number of carbonyl (C=O) groups is 2. The van der Waals surface area contributed by atoms with Crippen molar-refractivity contribution in [3.63, 3.8) is 0 Å². The molecule has 7 heteroatoms. The van der Waals surface area contributed by atoms with E-state index in [1.54, 1.807) is 37.3 Å². The summed E-state index contributed by atoms with van der Waals surface area (Å²) in [6, 6.07) is 11.3. The second-order valence-electron chi connectivity index (χ2n) is 6.09. The summed E-state index contributed by atoms with van der Waals surface area (Å²) in [6.45, 7) is 5.76. The first-order chi connectivity index (χ1) is 12.8. The van der Waals surface area contributed by atoms with Crippen molar-refractivity contribution in [2.45, 2.75) is 33.3 Å². The summed E-state index contributed by atoms with van der Waals surface area (Å²) < 4.78 is 5.72. The van der Waals surface area contributed by atoms with Crippen LogP contribution in [0, 0.1) is 6.92 Å². The van der Waals surface area contributed by atoms with Crippen LogP contribution in [-0.4, -0.2) is 23.1 Å². The van der Waals surface area contributed by atoms with Gasteiger partial charge in [-0.25, -0.2) is 0 Å². The fourth-order valence-corrected chi connectivity index (χ4v) is 2.44. The molecule has 0 radical (unpaired) electrons. The second-order valence-corrected chi connectivity index (χ2v) is 6.50. The second kappa shape index (κ2) is 9.14. The molecule has 0 aromatic heterocycles. The topological polar surface area (TPSA) is 90.5 Å². The fraction of sp³-hybridized carbons (Fsp3) is 0.250. The van der Waals surface area contributed by atoms with E-state index < -0.39 is 11.9 Å². The Morgan fingerprint density at radius 3 is 2.59 bits per heavy atom. The van der Waals surface area contributed by atoms with Crippen molar-refractivity contribution in [2.75, 3.05) is 5.32 Å². The molecule has 27 heavy (non-hydrogen) atoms. The Balaban J connectivity index is 2.06. The van der Waals surface area contributed by atoms with Crippen LogP contribution < -0.4 is 20.5 Å². The van der Waals surface area contributed by atoms with Gasteiger partial charge >= 0.3 is 0 Å². The van der Waals surface area contributed by atoms with E-state index in [4.69, 9.17) is 17.0 Å². The van der Waals surface area contributed by atoms with Gasteiger partial charge < -0.3 is 20.0 Å². The van der Waals surface area contributed by atoms with Gasteiger partial charge in [-0.2, -0.15) is 0 Å². The maximum Gasteiger partial charge on any atom is 0.257 e. The molecule has 0 spiro atoms. The smallest absolute Gasteiger partial charge is 0.257 e. The molecule has 0 saturated heterocycles. The molecule has 0 heterocycles. The number of nitrogens with one attached hydrogen (secondary N) is 2. The monoisotopic (exact) mass is 385 g/mol. The summed E-state index contributed by atoms with van der Waals surface area (Å²) in [6.07, 6.45) is 0.902. The lowest BCUT2D eigenvalue weighted by atomic mass is 10.1. The third-order valence-corrected chi connectivity index (χ3v) is 4.16. The molecule has 0 saturated carbocycles. The fourth-order valence-electron chi connectivity index (χ4n) is 2.24. The van der Waals surface area contributed by atoms with Gasteiger partial charge in [-0.05, 0) is 67.9 Å². The molecule has 2 aromatic rings. The minimum absolute atomic E-state index is 0.0205. The molecule has 2 N–H and O–H groups in total. The van der Waals surface area contributed by atoms with Gasteiger partial charge in [-0.15, -0.1) is 0 Å². The number of anilines is 1. The molecule has 6 nitrogen and oxygen atoms in total. The summed E-state index contributed by atoms with van der Waals surface area (Å²) in [5, 5.41) is 16.5. The summed E-state index contributed by atoms with van der Waals surface area (Å²) in [7, 11) is 0. The van der Waals surface area contributed by atoms with Gasteiger partial charge in [0.1, 0.15) is 5.75 Å². The maximum absolute atomic E-state index is 12.4. The zero-order chi connectivity index (χ0) is 20.0. The Morgan fingerprint density at radius 1 is 1.19 bits per heavy atom. The molecular formula is C20H21N2O4S-. The first kappa shape index (κ1) is 20.4. The molecule has 0 aliphatic rings. The van der Waals surface area contributed by atoms with Gasteiger partial charge in [0.25, 0.3) is 5.91 Å². The zero-order valence-corrected chi connectivity index (χ0v) is 16.2. The quantitative estimate of drug-likeness (QED) is 0.743. The molecule has 0 aliphatic heterocycles. The molecule has 2 rings (SSSR count). The zero-order valence-electron chi connectivity index (χ0n) is 15.4. The highest BCUT2D eigenvalue weighted by atomic mass is 32.1. The van der Waals surface area contributed by atoms with Crippen molar-refractivity contribution in [1.29, 1.82) is 0 Å². The highest BCUT2D eigenvalue weighted by Crippen LogP contribution is 2.18. The summed E-state index contributed by atoms with van der Waals surface area (Å²) in [5.41, 5.74) is 1.68. The third kappa shape index (κ3) is 5.79. The number of thiocarbonyl (C=S) groups is 1. The Bertz CT molecular complexity index is 867. The van der Waals surface area contributed by atoms with E-state index in [1.807, 2.05) is 13.8 Å². The van der Waals surface area contributed by atoms with E-state index in [1.165, 1.54) is 12.1 Å². The van der Waals surface area contributed by atoms with Gasteiger partial charge in [0.2, 0.25) is 0 Å². The van der Waals surface area contributed by atoms with Gasteiger partial charge in [-0.1, -0.05) is 25.1 Å². The van der Waals surface area contributed by atoms with E-state index in [0.717, 1.165) is 12.0 Å². The number of aryl methyl sites for hydroxylation is 1. The lowest BCUT2D eigenvalue weighted by Gasteiger charge is -2.15. The predicted molar refractivity (Wildman–Crippen MR) is 106 cm³/mol. The van der Waals surface area contributed by atoms with Crippen LogP contribution in [0.15, 0.2) is 42.5 Å². The highest BCUT2D eigenvalue weighted by Gasteiger charge is 2.11. The molecule has 1 amide bonds. The number of benzene rings is 2. The van der Waals surface area contributed by atoms with Gasteiger partial charge in [0, 0.05) is 11.3 Å². The summed E-state index contributed by atoms with van der Waals surface area (Å²) in [5.74, 6) is -1.07. The summed E-state index contributed by atoms with van der Waals surface area (Å²) in [4.78, 5) is 23.4. The molecule has 142 valence electrons. The van der Waals surface area contributed by atoms with Crippen LogP contribution in [0.5, 0.6) is 5.75 Å². The van der Waals surface area contributed by atoms with Gasteiger partial charge in [0.15, 0.2) is 5.11 Å². The van der Waals surface area contributed by atoms with Crippen LogP contribution in [-0.2, 0) is 0 Å². The molecular weight excluding hydrogens is 364 g/mol. The molecule has 0 bridgehead atoms. The predicted octanol–water partition coefficient (Wildman–Crippen LogP) is 2.66. The van der Waals surface area contributed by atoms with Gasteiger partial charge in [-0.3, -0.25) is 10.1 Å². The lowest BCUT2D eigenvalue weighted by Crippen LogP contribution is -2.34. The standard InChI is InChI=1S/C20H22N2O4S/c1-4-13(3)26-16-7-5-6-14(10-16)18(23)22-20(27)21-17-11-15(19(24)25)9-8-12(17)2/h5-11,13H,4H2,1-3H3,(H,24,25)(H2,21,22,23,27)/p-1/t13-/m0/s1. The van der Waals surface area contributed by atoms with E-state index in [-0.39, 0.29) is 16.8 Å². The van der Waals surface area contributed by atoms with Gasteiger partial charge in [0.05, 0.1) is 12.1 Å². The van der Waals surface area contributed by atoms with E-state index in [0.29, 0.717) is 17.0 Å². The number of carbonyl (C=O) groups excluding carboxylic acids is 2. The molecule has 2 aromatic carbocycles. The molecule has 1 atom stereocenters. The largest absolute Gasteiger partial charge is 0.545 e. The minimum Gasteiger partial charge on any atom is -0.545 e. The van der Waals surface area contributed by atoms with Crippen LogP contribution in [0.2, 0.25) is 0 Å². The number of ether oxygens (including phenoxy) is 1. The normalized spacial score (nSPS) is 11.4. The highest BCUT2D eigenvalue weighted by molar-refractivity contribution is 7.80. The summed E-state index contributed by atoms with van der Waals surface area (Å²) >= 11 is 5.17. The average Bonchev–Trinajstić information content (AvgIpc) is 2.63. The number of hydrogen-bond acceptors (Lipinski definition) is 5. The van der Waals surface area contributed by atoms with E-state index >= 15 is 0 Å². The number of rotatable bonds is 6. The van der Waals surface area contributed by atoms with Crippen molar-refractivity contribution in [3.05, 3.63) is 59.2 Å². The van der Waals surface area contributed by atoms with Crippen LogP contribution in [0.1, 0.15) is 46.5 Å². The lowest BCUT2D eigenvalue weighted by molar-refractivity contribution is -0.255.